The number of aromatic nitrogens is 1. The van der Waals surface area contributed by atoms with Gasteiger partial charge in [0.2, 0.25) is 0 Å². The summed E-state index contributed by atoms with van der Waals surface area (Å²) in [5.41, 5.74) is 2.30. The van der Waals surface area contributed by atoms with Gasteiger partial charge in [-0.05, 0) is 36.2 Å². The Balaban J connectivity index is 1.95. The van der Waals surface area contributed by atoms with Crippen LogP contribution in [0, 0.1) is 5.82 Å². The maximum Gasteiger partial charge on any atom is 0.123 e. The van der Waals surface area contributed by atoms with E-state index in [0.29, 0.717) is 0 Å². The molecule has 19 heavy (non-hydrogen) atoms. The highest BCUT2D eigenvalue weighted by Crippen LogP contribution is 2.08. The van der Waals surface area contributed by atoms with Crippen molar-refractivity contribution in [2.24, 2.45) is 0 Å². The average molecular weight is 261 g/mol. The van der Waals surface area contributed by atoms with Gasteiger partial charge in [-0.3, -0.25) is 0 Å². The van der Waals surface area contributed by atoms with Crippen LogP contribution >= 0.6 is 0 Å². The average Bonchev–Trinajstić information content (AvgIpc) is 2.82. The Morgan fingerprint density at radius 3 is 2.89 bits per heavy atom. The van der Waals surface area contributed by atoms with Crippen molar-refractivity contribution in [1.29, 1.82) is 0 Å². The van der Waals surface area contributed by atoms with Crippen LogP contribution in [0.2, 0.25) is 0 Å². The Morgan fingerprint density at radius 2 is 2.11 bits per heavy atom. The molecule has 1 aromatic carbocycles. The maximum atomic E-state index is 13.2. The van der Waals surface area contributed by atoms with Gasteiger partial charge in [-0.15, -0.1) is 0 Å². The quantitative estimate of drug-likeness (QED) is 0.740. The zero-order valence-electron chi connectivity index (χ0n) is 11.5. The lowest BCUT2D eigenvalue weighted by Gasteiger charge is -2.09. The molecule has 0 aliphatic heterocycles. The second-order valence-corrected chi connectivity index (χ2v) is 4.89. The molecule has 0 aliphatic rings. The van der Waals surface area contributed by atoms with Crippen molar-refractivity contribution >= 4 is 0 Å². The highest BCUT2D eigenvalue weighted by molar-refractivity contribution is 5.18. The van der Waals surface area contributed by atoms with Crippen molar-refractivity contribution < 1.29 is 9.71 Å². The molecule has 0 saturated heterocycles. The molecule has 102 valence electrons. The van der Waals surface area contributed by atoms with E-state index >= 15 is 0 Å². The van der Waals surface area contributed by atoms with Crippen molar-refractivity contribution in [2.45, 2.75) is 32.9 Å². The molecule has 2 rings (SSSR count). The molecule has 1 heterocycles. The smallest absolute Gasteiger partial charge is 0.123 e. The lowest BCUT2D eigenvalue weighted by atomic mass is 10.2. The summed E-state index contributed by atoms with van der Waals surface area (Å²) in [7, 11) is 0. The van der Waals surface area contributed by atoms with E-state index in [-0.39, 0.29) is 5.82 Å². The second-order valence-electron chi connectivity index (χ2n) is 4.89. The summed E-state index contributed by atoms with van der Waals surface area (Å²) in [6, 6.07) is 11.0. The SMILES string of the molecule is CCCC[NH2+]Cc1cccn1Cc1cccc(F)c1. The first kappa shape index (κ1) is 13.8. The van der Waals surface area contributed by atoms with E-state index < -0.39 is 0 Å². The lowest BCUT2D eigenvalue weighted by Crippen LogP contribution is -2.82. The summed E-state index contributed by atoms with van der Waals surface area (Å²) >= 11 is 0. The largest absolute Gasteiger partial charge is 0.342 e. The molecule has 0 bridgehead atoms. The van der Waals surface area contributed by atoms with Crippen LogP contribution in [0.3, 0.4) is 0 Å². The van der Waals surface area contributed by atoms with Crippen molar-refractivity contribution in [3.63, 3.8) is 0 Å². The molecule has 0 fully saturated rings. The number of rotatable bonds is 7. The van der Waals surface area contributed by atoms with Crippen molar-refractivity contribution in [2.75, 3.05) is 6.54 Å². The predicted molar refractivity (Wildman–Crippen MR) is 75.3 cm³/mol. The van der Waals surface area contributed by atoms with E-state index in [9.17, 15) is 4.39 Å². The minimum atomic E-state index is -0.166. The normalized spacial score (nSPS) is 10.8. The molecule has 0 radical (unpaired) electrons. The van der Waals surface area contributed by atoms with Gasteiger partial charge in [-0.2, -0.15) is 0 Å². The molecule has 0 unspecified atom stereocenters. The van der Waals surface area contributed by atoms with Crippen LogP contribution < -0.4 is 5.32 Å². The molecule has 0 saturated carbocycles. The minimum absolute atomic E-state index is 0.166. The number of nitrogens with zero attached hydrogens (tertiary/aromatic N) is 1. The fourth-order valence-corrected chi connectivity index (χ4v) is 2.22. The van der Waals surface area contributed by atoms with Gasteiger partial charge < -0.3 is 9.88 Å². The summed E-state index contributed by atoms with van der Waals surface area (Å²) in [6.45, 7) is 5.10. The zero-order chi connectivity index (χ0) is 13.5. The molecule has 3 heteroatoms. The Morgan fingerprint density at radius 1 is 1.21 bits per heavy atom. The Labute approximate surface area is 114 Å². The highest BCUT2D eigenvalue weighted by Gasteiger charge is 2.04. The lowest BCUT2D eigenvalue weighted by molar-refractivity contribution is -0.671. The standard InChI is InChI=1S/C16H21FN2/c1-2-3-9-18-12-16-8-5-10-19(16)13-14-6-4-7-15(17)11-14/h4-8,10-11,18H,2-3,9,12-13H2,1H3/p+1. The fourth-order valence-electron chi connectivity index (χ4n) is 2.22. The second kappa shape index (κ2) is 7.10. The minimum Gasteiger partial charge on any atom is -0.342 e. The molecular formula is C16H22FN2+. The molecule has 2 aromatic rings. The van der Waals surface area contributed by atoms with Crippen LogP contribution in [0.1, 0.15) is 31.0 Å². The molecule has 0 atom stereocenters. The van der Waals surface area contributed by atoms with Gasteiger partial charge in [-0.1, -0.05) is 25.5 Å². The molecule has 0 amide bonds. The van der Waals surface area contributed by atoms with Gasteiger partial charge in [0, 0.05) is 12.7 Å². The van der Waals surface area contributed by atoms with Crippen molar-refractivity contribution in [3.05, 3.63) is 59.7 Å². The fraction of sp³-hybridized carbons (Fsp3) is 0.375. The number of unbranched alkanes of at least 4 members (excludes halogenated alkanes) is 1. The number of nitrogens with two attached hydrogens (primary N) is 1. The van der Waals surface area contributed by atoms with E-state index in [4.69, 9.17) is 0 Å². The molecule has 2 N–H and O–H groups in total. The van der Waals surface area contributed by atoms with E-state index in [2.05, 4.69) is 35.1 Å². The highest BCUT2D eigenvalue weighted by atomic mass is 19.1. The Hall–Kier alpha value is -1.61. The van der Waals surface area contributed by atoms with E-state index in [0.717, 1.165) is 18.7 Å². The first-order valence-electron chi connectivity index (χ1n) is 6.99. The van der Waals surface area contributed by atoms with Gasteiger partial charge in [0.15, 0.2) is 0 Å². The van der Waals surface area contributed by atoms with Gasteiger partial charge >= 0.3 is 0 Å². The van der Waals surface area contributed by atoms with E-state index in [1.807, 2.05) is 6.07 Å². The van der Waals surface area contributed by atoms with Crippen molar-refractivity contribution in [3.8, 4) is 0 Å². The van der Waals surface area contributed by atoms with Gasteiger partial charge in [0.25, 0.3) is 0 Å². The number of hydrogen-bond acceptors (Lipinski definition) is 0. The van der Waals surface area contributed by atoms with Crippen molar-refractivity contribution in [1.82, 2.24) is 4.57 Å². The first-order valence-corrected chi connectivity index (χ1v) is 6.99. The van der Waals surface area contributed by atoms with Crippen LogP contribution in [0.5, 0.6) is 0 Å². The summed E-state index contributed by atoms with van der Waals surface area (Å²) in [5.74, 6) is -0.166. The summed E-state index contributed by atoms with van der Waals surface area (Å²) < 4.78 is 15.4. The predicted octanol–water partition coefficient (Wildman–Crippen LogP) is 2.54. The molecule has 0 spiro atoms. The van der Waals surface area contributed by atoms with Crippen LogP contribution in [0.4, 0.5) is 4.39 Å². The third kappa shape index (κ3) is 4.21. The van der Waals surface area contributed by atoms with Gasteiger partial charge in [0.1, 0.15) is 12.4 Å². The number of hydrogen-bond donors (Lipinski definition) is 1. The first-order chi connectivity index (χ1) is 9.29. The van der Waals surface area contributed by atoms with E-state index in [1.54, 1.807) is 12.1 Å². The number of halogens is 1. The molecule has 0 aliphatic carbocycles. The van der Waals surface area contributed by atoms with Crippen LogP contribution in [0.15, 0.2) is 42.6 Å². The topological polar surface area (TPSA) is 21.5 Å². The van der Waals surface area contributed by atoms with Gasteiger partial charge in [-0.25, -0.2) is 4.39 Å². The summed E-state index contributed by atoms with van der Waals surface area (Å²) in [5, 5.41) is 2.33. The Kier molecular flexibility index (Phi) is 5.16. The van der Waals surface area contributed by atoms with E-state index in [1.165, 1.54) is 31.1 Å². The third-order valence-electron chi connectivity index (χ3n) is 3.28. The number of benzene rings is 1. The van der Waals surface area contributed by atoms with Crippen LogP contribution in [-0.2, 0) is 13.1 Å². The van der Waals surface area contributed by atoms with Crippen LogP contribution in [0.25, 0.3) is 0 Å². The molecular weight excluding hydrogens is 239 g/mol. The number of quaternary nitrogens is 1. The molecule has 1 aromatic heterocycles. The maximum absolute atomic E-state index is 13.2. The van der Waals surface area contributed by atoms with Crippen LogP contribution in [-0.4, -0.2) is 11.1 Å². The third-order valence-corrected chi connectivity index (χ3v) is 3.28. The summed E-state index contributed by atoms with van der Waals surface area (Å²) in [6.07, 6.45) is 4.55. The summed E-state index contributed by atoms with van der Waals surface area (Å²) in [4.78, 5) is 0. The van der Waals surface area contributed by atoms with Gasteiger partial charge in [0.05, 0.1) is 12.2 Å². The molecule has 2 nitrogen and oxygen atoms in total. The Bertz CT molecular complexity index is 505. The zero-order valence-corrected chi connectivity index (χ0v) is 11.5. The monoisotopic (exact) mass is 261 g/mol.